The minimum atomic E-state index is -0.205. The van der Waals surface area contributed by atoms with Crippen molar-refractivity contribution >= 4 is 16.9 Å². The second-order valence-electron chi connectivity index (χ2n) is 5.63. The molecule has 0 atom stereocenters. The summed E-state index contributed by atoms with van der Waals surface area (Å²) in [7, 11) is 0. The van der Waals surface area contributed by atoms with Gasteiger partial charge < -0.3 is 19.2 Å². The quantitative estimate of drug-likeness (QED) is 0.801. The highest BCUT2D eigenvalue weighted by molar-refractivity contribution is 5.96. The van der Waals surface area contributed by atoms with Gasteiger partial charge in [0.05, 0.1) is 0 Å². The number of hydrogen-bond donors (Lipinski definition) is 1. The molecule has 5 heteroatoms. The van der Waals surface area contributed by atoms with Crippen molar-refractivity contribution in [2.45, 2.75) is 6.42 Å². The lowest BCUT2D eigenvalue weighted by molar-refractivity contribution is 0.0928. The van der Waals surface area contributed by atoms with Crippen molar-refractivity contribution in [2.75, 3.05) is 19.8 Å². The molecule has 0 aliphatic carbocycles. The molecule has 1 N–H and O–H groups in total. The molecule has 2 heterocycles. The summed E-state index contributed by atoms with van der Waals surface area (Å²) in [5.74, 6) is 1.67. The summed E-state index contributed by atoms with van der Waals surface area (Å²) in [4.78, 5) is 12.2. The fourth-order valence-electron chi connectivity index (χ4n) is 2.74. The number of ether oxygens (including phenoxy) is 2. The first-order chi connectivity index (χ1) is 11.8. The summed E-state index contributed by atoms with van der Waals surface area (Å²) < 4.78 is 16.6. The zero-order valence-corrected chi connectivity index (χ0v) is 13.1. The van der Waals surface area contributed by atoms with E-state index in [2.05, 4.69) is 5.32 Å². The summed E-state index contributed by atoms with van der Waals surface area (Å²) in [6.45, 7) is 1.68. The number of hydrogen-bond acceptors (Lipinski definition) is 4. The van der Waals surface area contributed by atoms with Crippen LogP contribution in [0.25, 0.3) is 11.0 Å². The molecule has 0 bridgehead atoms. The van der Waals surface area contributed by atoms with Crippen LogP contribution < -0.4 is 14.8 Å². The number of furan rings is 1. The number of rotatable bonds is 4. The van der Waals surface area contributed by atoms with Crippen LogP contribution in [0.15, 0.2) is 52.9 Å². The maximum absolute atomic E-state index is 12.2. The van der Waals surface area contributed by atoms with Gasteiger partial charge in [0.1, 0.15) is 18.8 Å². The van der Waals surface area contributed by atoms with E-state index in [1.807, 2.05) is 42.5 Å². The topological polar surface area (TPSA) is 60.7 Å². The third-order valence-electron chi connectivity index (χ3n) is 3.96. The highest BCUT2D eigenvalue weighted by Crippen LogP contribution is 2.30. The first-order valence-electron chi connectivity index (χ1n) is 7.95. The molecule has 1 aliphatic heterocycles. The Balaban J connectivity index is 1.37. The Morgan fingerprint density at radius 1 is 1.00 bits per heavy atom. The van der Waals surface area contributed by atoms with Crippen molar-refractivity contribution in [3.05, 3.63) is 59.9 Å². The minimum Gasteiger partial charge on any atom is -0.486 e. The number of fused-ring (bicyclic) bond motifs is 2. The van der Waals surface area contributed by atoms with Crippen molar-refractivity contribution in [3.8, 4) is 11.5 Å². The third kappa shape index (κ3) is 2.93. The molecule has 1 amide bonds. The van der Waals surface area contributed by atoms with Crippen molar-refractivity contribution in [1.82, 2.24) is 5.32 Å². The molecule has 2 aromatic carbocycles. The molecule has 0 saturated carbocycles. The van der Waals surface area contributed by atoms with E-state index in [0.717, 1.165) is 28.0 Å². The minimum absolute atomic E-state index is 0.205. The average molecular weight is 323 g/mol. The third-order valence-corrected chi connectivity index (χ3v) is 3.96. The lowest BCUT2D eigenvalue weighted by Crippen LogP contribution is -2.25. The van der Waals surface area contributed by atoms with E-state index < -0.39 is 0 Å². The van der Waals surface area contributed by atoms with Crippen LogP contribution >= 0.6 is 0 Å². The average Bonchev–Trinajstić information content (AvgIpc) is 3.06. The molecular formula is C19H17NO4. The van der Waals surface area contributed by atoms with E-state index in [1.54, 1.807) is 6.07 Å². The molecule has 0 fully saturated rings. The predicted octanol–water partition coefficient (Wildman–Crippen LogP) is 3.18. The maximum atomic E-state index is 12.2. The van der Waals surface area contributed by atoms with E-state index in [9.17, 15) is 4.79 Å². The summed E-state index contributed by atoms with van der Waals surface area (Å²) in [6, 6.07) is 15.2. The van der Waals surface area contributed by atoms with E-state index >= 15 is 0 Å². The molecular weight excluding hydrogens is 306 g/mol. The molecule has 1 aromatic heterocycles. The normalized spacial score (nSPS) is 13.0. The summed E-state index contributed by atoms with van der Waals surface area (Å²) >= 11 is 0. The fraction of sp³-hybridized carbons (Fsp3) is 0.211. The lowest BCUT2D eigenvalue weighted by Gasteiger charge is -2.18. The van der Waals surface area contributed by atoms with Gasteiger partial charge in [-0.05, 0) is 36.2 Å². The van der Waals surface area contributed by atoms with Crippen LogP contribution in [0.3, 0.4) is 0 Å². The Labute approximate surface area is 139 Å². The largest absolute Gasteiger partial charge is 0.486 e. The van der Waals surface area contributed by atoms with E-state index in [-0.39, 0.29) is 5.91 Å². The number of benzene rings is 2. The zero-order chi connectivity index (χ0) is 16.4. The van der Waals surface area contributed by atoms with Crippen molar-refractivity contribution < 1.29 is 18.7 Å². The molecule has 1 aliphatic rings. The number of para-hydroxylation sites is 1. The number of amides is 1. The first-order valence-corrected chi connectivity index (χ1v) is 7.95. The lowest BCUT2D eigenvalue weighted by atomic mass is 10.1. The van der Waals surface area contributed by atoms with Gasteiger partial charge in [-0.1, -0.05) is 24.3 Å². The van der Waals surface area contributed by atoms with Gasteiger partial charge >= 0.3 is 0 Å². The number of carbonyl (C=O) groups is 1. The SMILES string of the molecule is O=C(NCCc1ccc2c(c1)OCCO2)c1cc2ccccc2o1. The maximum Gasteiger partial charge on any atom is 0.287 e. The van der Waals surface area contributed by atoms with Gasteiger partial charge in [0.15, 0.2) is 17.3 Å². The molecule has 5 nitrogen and oxygen atoms in total. The van der Waals surface area contributed by atoms with Crippen LogP contribution in [-0.2, 0) is 6.42 Å². The summed E-state index contributed by atoms with van der Waals surface area (Å²) in [5, 5.41) is 3.81. The van der Waals surface area contributed by atoms with E-state index in [4.69, 9.17) is 13.9 Å². The van der Waals surface area contributed by atoms with Crippen LogP contribution in [0.1, 0.15) is 16.1 Å². The smallest absolute Gasteiger partial charge is 0.287 e. The van der Waals surface area contributed by atoms with Crippen LogP contribution in [-0.4, -0.2) is 25.7 Å². The predicted molar refractivity (Wildman–Crippen MR) is 89.7 cm³/mol. The Morgan fingerprint density at radius 3 is 2.71 bits per heavy atom. The fourth-order valence-corrected chi connectivity index (χ4v) is 2.74. The van der Waals surface area contributed by atoms with Crippen LogP contribution in [0.2, 0.25) is 0 Å². The standard InChI is InChI=1S/C19H17NO4/c21-19(18-12-14-3-1-2-4-15(14)24-18)20-8-7-13-5-6-16-17(11-13)23-10-9-22-16/h1-6,11-12H,7-10H2,(H,20,21). The molecule has 0 saturated heterocycles. The van der Waals surface area contributed by atoms with Gasteiger partial charge in [0, 0.05) is 11.9 Å². The van der Waals surface area contributed by atoms with Crippen LogP contribution in [0, 0.1) is 0 Å². The zero-order valence-electron chi connectivity index (χ0n) is 13.1. The van der Waals surface area contributed by atoms with Gasteiger partial charge in [-0.25, -0.2) is 0 Å². The number of carbonyl (C=O) groups excluding carboxylic acids is 1. The summed E-state index contributed by atoms with van der Waals surface area (Å²) in [5.41, 5.74) is 1.80. The Kier molecular flexibility index (Phi) is 3.83. The second-order valence-corrected chi connectivity index (χ2v) is 5.63. The molecule has 24 heavy (non-hydrogen) atoms. The molecule has 0 radical (unpaired) electrons. The Morgan fingerprint density at radius 2 is 1.83 bits per heavy atom. The monoisotopic (exact) mass is 323 g/mol. The molecule has 122 valence electrons. The van der Waals surface area contributed by atoms with Gasteiger partial charge in [-0.15, -0.1) is 0 Å². The highest BCUT2D eigenvalue weighted by atomic mass is 16.6. The van der Waals surface area contributed by atoms with Crippen molar-refractivity contribution in [1.29, 1.82) is 0 Å². The Bertz CT molecular complexity index is 851. The van der Waals surface area contributed by atoms with E-state index in [1.165, 1.54) is 0 Å². The van der Waals surface area contributed by atoms with Crippen LogP contribution in [0.4, 0.5) is 0 Å². The van der Waals surface area contributed by atoms with Gasteiger partial charge in [0.2, 0.25) is 0 Å². The molecule has 0 unspecified atom stereocenters. The second kappa shape index (κ2) is 6.28. The summed E-state index contributed by atoms with van der Waals surface area (Å²) in [6.07, 6.45) is 0.711. The van der Waals surface area contributed by atoms with Crippen LogP contribution in [0.5, 0.6) is 11.5 Å². The first kappa shape index (κ1) is 14.6. The molecule has 0 spiro atoms. The van der Waals surface area contributed by atoms with Gasteiger partial charge in [0.25, 0.3) is 5.91 Å². The molecule has 3 aromatic rings. The Hall–Kier alpha value is -2.95. The van der Waals surface area contributed by atoms with Gasteiger partial charge in [-0.2, -0.15) is 0 Å². The van der Waals surface area contributed by atoms with Crippen molar-refractivity contribution in [3.63, 3.8) is 0 Å². The van der Waals surface area contributed by atoms with Gasteiger partial charge in [-0.3, -0.25) is 4.79 Å². The van der Waals surface area contributed by atoms with E-state index in [0.29, 0.717) is 31.9 Å². The van der Waals surface area contributed by atoms with Crippen molar-refractivity contribution in [2.24, 2.45) is 0 Å². The molecule has 4 rings (SSSR count). The number of nitrogens with one attached hydrogen (secondary N) is 1. The highest BCUT2D eigenvalue weighted by Gasteiger charge is 2.13.